The van der Waals surface area contributed by atoms with Crippen molar-refractivity contribution in [1.82, 2.24) is 0 Å². The lowest BCUT2D eigenvalue weighted by Crippen LogP contribution is -2.05. The molecule has 0 bridgehead atoms. The zero-order valence-electron chi connectivity index (χ0n) is 7.06. The van der Waals surface area contributed by atoms with Crippen molar-refractivity contribution in [2.75, 3.05) is 20.3 Å². The summed E-state index contributed by atoms with van der Waals surface area (Å²) >= 11 is 0. The Morgan fingerprint density at radius 1 is 1.30 bits per heavy atom. The molecule has 0 aliphatic heterocycles. The van der Waals surface area contributed by atoms with Crippen LogP contribution in [-0.4, -0.2) is 30.1 Å². The number of hydrogen-bond donors (Lipinski definition) is 0. The molecule has 0 aromatic rings. The van der Waals surface area contributed by atoms with E-state index >= 15 is 0 Å². The van der Waals surface area contributed by atoms with Gasteiger partial charge in [0.1, 0.15) is 0 Å². The number of hydrogen-bond acceptors (Lipinski definition) is 2. The number of methoxy groups -OCH3 is 1. The molecule has 2 nitrogen and oxygen atoms in total. The summed E-state index contributed by atoms with van der Waals surface area (Å²) in [6.07, 6.45) is 2.62. The minimum absolute atomic E-state index is 0.200. The van der Waals surface area contributed by atoms with Gasteiger partial charge in [0.2, 0.25) is 0 Å². The quantitative estimate of drug-likeness (QED) is 0.410. The van der Waals surface area contributed by atoms with Gasteiger partial charge in [-0.3, -0.25) is 0 Å². The van der Waals surface area contributed by atoms with Crippen LogP contribution in [0.3, 0.4) is 0 Å². The molecule has 0 saturated carbocycles. The summed E-state index contributed by atoms with van der Waals surface area (Å²) in [6.45, 7) is 3.76. The predicted molar refractivity (Wildman–Crippen MR) is 46.1 cm³/mol. The van der Waals surface area contributed by atoms with E-state index in [2.05, 4.69) is 6.92 Å². The third kappa shape index (κ3) is 8.14. The van der Waals surface area contributed by atoms with Gasteiger partial charge < -0.3 is 9.16 Å². The van der Waals surface area contributed by atoms with Crippen molar-refractivity contribution in [2.45, 2.75) is 25.8 Å². The molecule has 0 aliphatic carbocycles. The van der Waals surface area contributed by atoms with E-state index < -0.39 is 0 Å². The third-order valence-corrected chi connectivity index (χ3v) is 2.69. The molecule has 0 aliphatic rings. The van der Waals surface area contributed by atoms with Gasteiger partial charge in [0.15, 0.2) is 9.76 Å². The van der Waals surface area contributed by atoms with Gasteiger partial charge in [-0.15, -0.1) is 0 Å². The second kappa shape index (κ2) is 9.14. The van der Waals surface area contributed by atoms with Crippen LogP contribution in [0.4, 0.5) is 0 Å². The van der Waals surface area contributed by atoms with E-state index in [4.69, 9.17) is 9.16 Å². The topological polar surface area (TPSA) is 18.5 Å². The Bertz CT molecular complexity index is 51.6. The van der Waals surface area contributed by atoms with Gasteiger partial charge in [-0.05, 0) is 6.04 Å². The maximum Gasteiger partial charge on any atom is 0.161 e. The first-order valence-electron chi connectivity index (χ1n) is 3.98. The molecular weight excluding hydrogens is 144 g/mol. The Hall–Kier alpha value is 0.137. The van der Waals surface area contributed by atoms with Crippen LogP contribution < -0.4 is 0 Å². The number of ether oxygens (including phenoxy) is 1. The SMILES string of the molecule is CCCC[SiH2]OCCOC. The third-order valence-electron chi connectivity index (χ3n) is 1.32. The molecule has 0 radical (unpaired) electrons. The van der Waals surface area contributed by atoms with Gasteiger partial charge in [0, 0.05) is 7.11 Å². The molecule has 62 valence electrons. The lowest BCUT2D eigenvalue weighted by atomic mass is 10.4. The standard InChI is InChI=1S/C7H18O2Si/c1-3-4-7-10-9-6-5-8-2/h3-7,10H2,1-2H3. The van der Waals surface area contributed by atoms with E-state index in [0.29, 0.717) is 0 Å². The molecule has 0 saturated heterocycles. The Morgan fingerprint density at radius 2 is 2.10 bits per heavy atom. The highest BCUT2D eigenvalue weighted by atomic mass is 28.2. The van der Waals surface area contributed by atoms with Crippen LogP contribution in [0, 0.1) is 0 Å². The fourth-order valence-corrected chi connectivity index (χ4v) is 1.93. The van der Waals surface area contributed by atoms with Crippen molar-refractivity contribution < 1.29 is 9.16 Å². The maximum absolute atomic E-state index is 5.39. The van der Waals surface area contributed by atoms with E-state index in [1.165, 1.54) is 18.9 Å². The van der Waals surface area contributed by atoms with E-state index in [1.807, 2.05) is 0 Å². The summed E-state index contributed by atoms with van der Waals surface area (Å²) in [5.74, 6) is 0. The molecule has 0 fully saturated rings. The predicted octanol–water partition coefficient (Wildman–Crippen LogP) is 0.952. The summed E-state index contributed by atoms with van der Waals surface area (Å²) < 4.78 is 10.2. The Morgan fingerprint density at radius 3 is 2.70 bits per heavy atom. The molecule has 0 atom stereocenters. The van der Waals surface area contributed by atoms with Gasteiger partial charge in [0.25, 0.3) is 0 Å². The van der Waals surface area contributed by atoms with Crippen LogP contribution in [0.25, 0.3) is 0 Å². The van der Waals surface area contributed by atoms with Crippen molar-refractivity contribution in [1.29, 1.82) is 0 Å². The largest absolute Gasteiger partial charge is 0.422 e. The Balaban J connectivity index is 2.65. The van der Waals surface area contributed by atoms with Crippen LogP contribution in [0.15, 0.2) is 0 Å². The number of rotatable bonds is 7. The van der Waals surface area contributed by atoms with E-state index in [9.17, 15) is 0 Å². The van der Waals surface area contributed by atoms with E-state index in [0.717, 1.165) is 13.2 Å². The van der Waals surface area contributed by atoms with Crippen LogP contribution >= 0.6 is 0 Å². The highest BCUT2D eigenvalue weighted by Gasteiger charge is 1.87. The average molecular weight is 162 g/mol. The molecule has 0 aromatic carbocycles. The molecular formula is C7H18O2Si. The van der Waals surface area contributed by atoms with Crippen LogP contribution in [0.5, 0.6) is 0 Å². The molecule has 10 heavy (non-hydrogen) atoms. The summed E-state index contributed by atoms with van der Waals surface area (Å²) in [5.41, 5.74) is 0. The molecule has 0 spiro atoms. The first kappa shape index (κ1) is 10.1. The lowest BCUT2D eigenvalue weighted by Gasteiger charge is -2.00. The molecule has 0 N–H and O–H groups in total. The molecule has 0 rings (SSSR count). The van der Waals surface area contributed by atoms with Crippen molar-refractivity contribution in [2.24, 2.45) is 0 Å². The van der Waals surface area contributed by atoms with Crippen LogP contribution in [0.2, 0.25) is 6.04 Å². The van der Waals surface area contributed by atoms with Crippen molar-refractivity contribution in [3.63, 3.8) is 0 Å². The van der Waals surface area contributed by atoms with E-state index in [-0.39, 0.29) is 9.76 Å². The van der Waals surface area contributed by atoms with Gasteiger partial charge in [-0.1, -0.05) is 19.8 Å². The molecule has 0 heterocycles. The van der Waals surface area contributed by atoms with Gasteiger partial charge in [0.05, 0.1) is 13.2 Å². The second-order valence-corrected chi connectivity index (χ2v) is 3.84. The summed E-state index contributed by atoms with van der Waals surface area (Å²) in [5, 5.41) is 0. The highest BCUT2D eigenvalue weighted by molar-refractivity contribution is 6.26. The average Bonchev–Trinajstić information content (AvgIpc) is 1.97. The number of unbranched alkanes of at least 4 members (excludes halogenated alkanes) is 1. The van der Waals surface area contributed by atoms with Crippen LogP contribution in [0.1, 0.15) is 19.8 Å². The fourth-order valence-electron chi connectivity index (χ4n) is 0.698. The van der Waals surface area contributed by atoms with Crippen LogP contribution in [-0.2, 0) is 9.16 Å². The first-order chi connectivity index (χ1) is 4.91. The minimum atomic E-state index is -0.200. The summed E-state index contributed by atoms with van der Waals surface area (Å²) in [4.78, 5) is 0. The normalized spacial score (nSPS) is 11.4. The van der Waals surface area contributed by atoms with Gasteiger partial charge in [-0.25, -0.2) is 0 Å². The van der Waals surface area contributed by atoms with Crippen molar-refractivity contribution >= 4 is 9.76 Å². The summed E-state index contributed by atoms with van der Waals surface area (Å²) in [6, 6.07) is 1.32. The van der Waals surface area contributed by atoms with Crippen molar-refractivity contribution in [3.05, 3.63) is 0 Å². The zero-order valence-corrected chi connectivity index (χ0v) is 8.47. The van der Waals surface area contributed by atoms with E-state index in [1.54, 1.807) is 7.11 Å². The Labute approximate surface area is 65.9 Å². The molecule has 3 heteroatoms. The fraction of sp³-hybridized carbons (Fsp3) is 1.00. The lowest BCUT2D eigenvalue weighted by molar-refractivity contribution is 0.149. The van der Waals surface area contributed by atoms with Gasteiger partial charge in [-0.2, -0.15) is 0 Å². The molecule has 0 amide bonds. The second-order valence-electron chi connectivity index (χ2n) is 2.31. The maximum atomic E-state index is 5.39. The summed E-state index contributed by atoms with van der Waals surface area (Å²) in [7, 11) is 1.51. The molecule has 0 aromatic heterocycles. The minimum Gasteiger partial charge on any atom is -0.422 e. The first-order valence-corrected chi connectivity index (χ1v) is 5.56. The molecule has 0 unspecified atom stereocenters. The zero-order chi connectivity index (χ0) is 7.66. The smallest absolute Gasteiger partial charge is 0.161 e. The van der Waals surface area contributed by atoms with Gasteiger partial charge >= 0.3 is 0 Å². The van der Waals surface area contributed by atoms with Crippen molar-refractivity contribution in [3.8, 4) is 0 Å². The highest BCUT2D eigenvalue weighted by Crippen LogP contribution is 1.92. The Kier molecular flexibility index (Phi) is 9.26. The monoisotopic (exact) mass is 162 g/mol.